The molecule has 0 fully saturated rings. The van der Waals surface area contributed by atoms with Crippen molar-refractivity contribution in [2.45, 2.75) is 19.6 Å². The molecule has 0 radical (unpaired) electrons. The molecule has 1 aromatic carbocycles. The van der Waals surface area contributed by atoms with Crippen molar-refractivity contribution in [3.05, 3.63) is 58.3 Å². The molecule has 0 aliphatic heterocycles. The van der Waals surface area contributed by atoms with E-state index in [1.165, 1.54) is 29.5 Å². The SMILES string of the molecule is Cc1oc(-c2cccc(C(F)(F)F)c2)cc1C(=O)Nc1nc(CN(C)C)cs1. The maximum atomic E-state index is 12.9. The van der Waals surface area contributed by atoms with Crippen LogP contribution in [0.25, 0.3) is 11.3 Å². The highest BCUT2D eigenvalue weighted by Crippen LogP contribution is 2.33. The minimum absolute atomic E-state index is 0.196. The zero-order chi connectivity index (χ0) is 20.5. The molecular formula is C19H18F3N3O2S. The van der Waals surface area contributed by atoms with E-state index in [1.54, 1.807) is 6.92 Å². The van der Waals surface area contributed by atoms with Gasteiger partial charge < -0.3 is 9.32 Å². The van der Waals surface area contributed by atoms with Crippen molar-refractivity contribution in [2.24, 2.45) is 0 Å². The summed E-state index contributed by atoms with van der Waals surface area (Å²) in [6.07, 6.45) is -4.45. The molecule has 0 saturated heterocycles. The fourth-order valence-corrected chi connectivity index (χ4v) is 3.32. The van der Waals surface area contributed by atoms with Crippen molar-refractivity contribution in [3.8, 4) is 11.3 Å². The third-order valence-corrected chi connectivity index (χ3v) is 4.69. The van der Waals surface area contributed by atoms with Crippen LogP contribution < -0.4 is 5.32 Å². The lowest BCUT2D eigenvalue weighted by molar-refractivity contribution is -0.137. The Morgan fingerprint density at radius 1 is 1.29 bits per heavy atom. The Kier molecular flexibility index (Phi) is 5.57. The Balaban J connectivity index is 1.80. The number of nitrogens with one attached hydrogen (secondary N) is 1. The molecule has 1 amide bonds. The topological polar surface area (TPSA) is 58.4 Å². The van der Waals surface area contributed by atoms with Gasteiger partial charge in [0.2, 0.25) is 0 Å². The average Bonchev–Trinajstić information content (AvgIpc) is 3.20. The van der Waals surface area contributed by atoms with E-state index in [2.05, 4.69) is 10.3 Å². The molecule has 0 aliphatic rings. The van der Waals surface area contributed by atoms with Gasteiger partial charge in [-0.05, 0) is 39.2 Å². The molecule has 0 aliphatic carbocycles. The first-order valence-corrected chi connectivity index (χ1v) is 9.20. The Morgan fingerprint density at radius 3 is 2.71 bits per heavy atom. The van der Waals surface area contributed by atoms with Crippen molar-refractivity contribution in [1.29, 1.82) is 0 Å². The molecule has 3 aromatic rings. The largest absolute Gasteiger partial charge is 0.461 e. The number of anilines is 1. The number of alkyl halides is 3. The third-order valence-electron chi connectivity index (χ3n) is 3.89. The van der Waals surface area contributed by atoms with E-state index in [0.717, 1.165) is 17.8 Å². The molecule has 9 heteroatoms. The number of aromatic nitrogens is 1. The lowest BCUT2D eigenvalue weighted by atomic mass is 10.1. The first kappa shape index (κ1) is 20.1. The number of hydrogen-bond donors (Lipinski definition) is 1. The maximum Gasteiger partial charge on any atom is 0.416 e. The summed E-state index contributed by atoms with van der Waals surface area (Å²) in [7, 11) is 3.84. The van der Waals surface area contributed by atoms with Gasteiger partial charge in [-0.25, -0.2) is 4.98 Å². The summed E-state index contributed by atoms with van der Waals surface area (Å²) in [4.78, 5) is 18.8. The zero-order valence-electron chi connectivity index (χ0n) is 15.4. The quantitative estimate of drug-likeness (QED) is 0.641. The fourth-order valence-electron chi connectivity index (χ4n) is 2.62. The smallest absolute Gasteiger partial charge is 0.416 e. The molecule has 0 atom stereocenters. The van der Waals surface area contributed by atoms with Gasteiger partial charge in [-0.3, -0.25) is 10.1 Å². The highest BCUT2D eigenvalue weighted by atomic mass is 32.1. The predicted octanol–water partition coefficient (Wildman–Crippen LogP) is 5.04. The second-order valence-corrected chi connectivity index (χ2v) is 7.35. The van der Waals surface area contributed by atoms with Gasteiger partial charge in [-0.2, -0.15) is 13.2 Å². The highest BCUT2D eigenvalue weighted by Gasteiger charge is 2.30. The molecule has 0 spiro atoms. The van der Waals surface area contributed by atoms with Crippen molar-refractivity contribution < 1.29 is 22.4 Å². The molecule has 3 rings (SSSR count). The molecule has 1 N–H and O–H groups in total. The van der Waals surface area contributed by atoms with Crippen molar-refractivity contribution >= 4 is 22.4 Å². The summed E-state index contributed by atoms with van der Waals surface area (Å²) >= 11 is 1.30. The third kappa shape index (κ3) is 4.60. The van der Waals surface area contributed by atoms with Gasteiger partial charge in [0.05, 0.1) is 16.8 Å². The van der Waals surface area contributed by atoms with Crippen LogP contribution in [0, 0.1) is 6.92 Å². The van der Waals surface area contributed by atoms with E-state index < -0.39 is 17.6 Å². The Bertz CT molecular complexity index is 992. The highest BCUT2D eigenvalue weighted by molar-refractivity contribution is 7.14. The monoisotopic (exact) mass is 409 g/mol. The molecular weight excluding hydrogens is 391 g/mol. The molecule has 5 nitrogen and oxygen atoms in total. The predicted molar refractivity (Wildman–Crippen MR) is 101 cm³/mol. The van der Waals surface area contributed by atoms with Crippen LogP contribution in [0.15, 0.2) is 40.1 Å². The number of nitrogens with zero attached hydrogens (tertiary/aromatic N) is 2. The van der Waals surface area contributed by atoms with Gasteiger partial charge in [-0.15, -0.1) is 11.3 Å². The lowest BCUT2D eigenvalue weighted by Crippen LogP contribution is -2.13. The first-order valence-electron chi connectivity index (χ1n) is 8.32. The number of benzene rings is 1. The van der Waals surface area contributed by atoms with E-state index in [-0.39, 0.29) is 16.9 Å². The van der Waals surface area contributed by atoms with E-state index in [4.69, 9.17) is 4.42 Å². The summed E-state index contributed by atoms with van der Waals surface area (Å²) in [5.41, 5.74) is 0.552. The van der Waals surface area contributed by atoms with Gasteiger partial charge >= 0.3 is 6.18 Å². The minimum Gasteiger partial charge on any atom is -0.461 e. The van der Waals surface area contributed by atoms with Crippen molar-refractivity contribution in [3.63, 3.8) is 0 Å². The Labute approximate surface area is 163 Å². The van der Waals surface area contributed by atoms with E-state index in [0.29, 0.717) is 17.4 Å². The van der Waals surface area contributed by atoms with Crippen molar-refractivity contribution in [2.75, 3.05) is 19.4 Å². The fraction of sp³-hybridized carbons (Fsp3) is 0.263. The number of carbonyl (C=O) groups is 1. The molecule has 2 aromatic heterocycles. The summed E-state index contributed by atoms with van der Waals surface area (Å²) in [5, 5.41) is 5.00. The number of thiazole rings is 1. The number of rotatable bonds is 5. The van der Waals surface area contributed by atoms with Crippen LogP contribution in [0.3, 0.4) is 0 Å². The van der Waals surface area contributed by atoms with Gasteiger partial charge in [-0.1, -0.05) is 12.1 Å². The van der Waals surface area contributed by atoms with Crippen LogP contribution in [0.1, 0.15) is 27.4 Å². The number of hydrogen-bond acceptors (Lipinski definition) is 5. The number of aryl methyl sites for hydroxylation is 1. The first-order chi connectivity index (χ1) is 13.1. The van der Waals surface area contributed by atoms with E-state index in [9.17, 15) is 18.0 Å². The molecule has 148 valence electrons. The second-order valence-electron chi connectivity index (χ2n) is 6.49. The van der Waals surface area contributed by atoms with Crippen LogP contribution >= 0.6 is 11.3 Å². The summed E-state index contributed by atoms with van der Waals surface area (Å²) in [6, 6.07) is 6.23. The van der Waals surface area contributed by atoms with Gasteiger partial charge in [0.15, 0.2) is 5.13 Å². The summed E-state index contributed by atoms with van der Waals surface area (Å²) in [5.74, 6) is 0.0846. The average molecular weight is 409 g/mol. The molecule has 0 saturated carbocycles. The van der Waals surface area contributed by atoms with Gasteiger partial charge in [0.25, 0.3) is 5.91 Å². The van der Waals surface area contributed by atoms with Crippen LogP contribution in [-0.4, -0.2) is 29.9 Å². The van der Waals surface area contributed by atoms with Crippen molar-refractivity contribution in [1.82, 2.24) is 9.88 Å². The Hall–Kier alpha value is -2.65. The van der Waals surface area contributed by atoms with Gasteiger partial charge in [0.1, 0.15) is 11.5 Å². The molecule has 0 unspecified atom stereocenters. The zero-order valence-corrected chi connectivity index (χ0v) is 16.2. The van der Waals surface area contributed by atoms with E-state index >= 15 is 0 Å². The van der Waals surface area contributed by atoms with Crippen LogP contribution in [0.4, 0.5) is 18.3 Å². The normalized spacial score (nSPS) is 11.8. The van der Waals surface area contributed by atoms with Crippen LogP contribution in [-0.2, 0) is 12.7 Å². The standard InChI is InChI=1S/C19H18F3N3O2S/c1-11-15(17(26)24-18-23-14(10-28-18)9-25(2)3)8-16(27-11)12-5-4-6-13(7-12)19(20,21)22/h4-8,10H,9H2,1-3H3,(H,23,24,26). The number of furan rings is 1. The number of halogens is 3. The van der Waals surface area contributed by atoms with Crippen LogP contribution in [0.2, 0.25) is 0 Å². The number of carbonyl (C=O) groups excluding carboxylic acids is 1. The summed E-state index contributed by atoms with van der Waals surface area (Å²) < 4.78 is 44.3. The van der Waals surface area contributed by atoms with E-state index in [1.807, 2.05) is 24.4 Å². The lowest BCUT2D eigenvalue weighted by Gasteiger charge is -2.07. The van der Waals surface area contributed by atoms with Crippen LogP contribution in [0.5, 0.6) is 0 Å². The minimum atomic E-state index is -4.45. The summed E-state index contributed by atoms with van der Waals surface area (Å²) in [6.45, 7) is 2.24. The second kappa shape index (κ2) is 7.76. The van der Waals surface area contributed by atoms with Gasteiger partial charge in [0, 0.05) is 17.5 Å². The maximum absolute atomic E-state index is 12.9. The molecule has 28 heavy (non-hydrogen) atoms. The Morgan fingerprint density at radius 2 is 2.04 bits per heavy atom. The number of amides is 1. The molecule has 2 heterocycles. The molecule has 0 bridgehead atoms.